The Labute approximate surface area is 498 Å². The van der Waals surface area contributed by atoms with Crippen molar-refractivity contribution in [2.45, 2.75) is 128 Å². The van der Waals surface area contributed by atoms with Crippen molar-refractivity contribution < 1.29 is 37.4 Å². The molecule has 0 amide bonds. The van der Waals surface area contributed by atoms with E-state index in [0.29, 0.717) is 16.1 Å². The summed E-state index contributed by atoms with van der Waals surface area (Å²) in [5.74, 6) is 3.40. The molecule has 14 heteroatoms. The fourth-order valence-electron chi connectivity index (χ4n) is 13.1. The lowest BCUT2D eigenvalue weighted by Crippen LogP contribution is -2.41. The molecule has 0 aromatic heterocycles. The third-order valence-electron chi connectivity index (χ3n) is 19.4. The van der Waals surface area contributed by atoms with Gasteiger partial charge in [-0.1, -0.05) is 121 Å². The molecule has 2 spiro atoms. The standard InChI is InChI=1S/C32H26BNO3.C26H14ClNO.C12H24B2O4/c1-30(2)31(3,4)37-33(36-30)21-14-16-25-23(18-21)22-17-20(19-34)13-15-24(22)32(25)26-9-5-7-11-28(26)35-29-12-8-6-10-27(29)32;27-17-10-12-21-19(14-17)18-13-16(15-28)9-11-20(18)26(21)22-5-1-3-7-24(22)29-25-8-4-2-6-23(25)26;1-9(2)10(3,4)16-13(15-9)14-17-11(5,6)12(7,8)18-14/h5-18H,1-4H3;1-14H;1-8H3. The molecule has 0 radical (unpaired) electrons. The molecule has 5 heterocycles. The smallest absolute Gasteiger partial charge is 0.457 e. The molecule has 3 saturated heterocycles. The van der Waals surface area contributed by atoms with Crippen LogP contribution >= 0.6 is 11.6 Å². The van der Waals surface area contributed by atoms with Gasteiger partial charge in [0.05, 0.1) is 67.7 Å². The van der Waals surface area contributed by atoms with Gasteiger partial charge in [-0.05, 0) is 194 Å². The maximum atomic E-state index is 9.77. The topological polar surface area (TPSA) is 121 Å². The van der Waals surface area contributed by atoms with Crippen LogP contribution in [0.2, 0.25) is 5.02 Å². The van der Waals surface area contributed by atoms with E-state index in [1.54, 1.807) is 0 Å². The first-order chi connectivity index (χ1) is 39.9. The van der Waals surface area contributed by atoms with Gasteiger partial charge >= 0.3 is 21.1 Å². The molecule has 15 rings (SSSR count). The van der Waals surface area contributed by atoms with Crippen LogP contribution in [0.5, 0.6) is 23.0 Å². The van der Waals surface area contributed by atoms with Crippen molar-refractivity contribution in [1.29, 1.82) is 10.5 Å². The Balaban J connectivity index is 0.000000125. The van der Waals surface area contributed by atoms with E-state index in [9.17, 15) is 10.5 Å². The predicted octanol–water partition coefficient (Wildman–Crippen LogP) is 15.3. The maximum absolute atomic E-state index is 9.77. The Kier molecular flexibility index (Phi) is 12.8. The van der Waals surface area contributed by atoms with Crippen molar-refractivity contribution in [1.82, 2.24) is 0 Å². The number of nitrogens with zero attached hydrogens (tertiary/aromatic N) is 2. The van der Waals surface area contributed by atoms with Gasteiger partial charge in [0.1, 0.15) is 23.0 Å². The highest BCUT2D eigenvalue weighted by atomic mass is 35.5. The quantitative estimate of drug-likeness (QED) is 0.155. The molecular weight excluding hydrogens is 1060 g/mol. The molecule has 0 unspecified atom stereocenters. The predicted molar refractivity (Wildman–Crippen MR) is 330 cm³/mol. The molecule has 84 heavy (non-hydrogen) atoms. The van der Waals surface area contributed by atoms with Crippen molar-refractivity contribution >= 4 is 38.2 Å². The van der Waals surface area contributed by atoms with Crippen LogP contribution in [-0.4, -0.2) is 54.7 Å². The molecule has 0 atom stereocenters. The average Bonchev–Trinajstić information content (AvgIpc) is 1.49. The van der Waals surface area contributed by atoms with Crippen molar-refractivity contribution in [3.63, 3.8) is 0 Å². The number of fused-ring (bicyclic) bond motifs is 18. The van der Waals surface area contributed by atoms with Crippen molar-refractivity contribution in [2.75, 3.05) is 0 Å². The number of hydrogen-bond acceptors (Lipinski definition) is 10. The zero-order chi connectivity index (χ0) is 59.1. The molecular formula is C70H64B3ClN2O8. The van der Waals surface area contributed by atoms with Crippen LogP contribution in [0, 0.1) is 22.7 Å². The third-order valence-corrected chi connectivity index (χ3v) is 19.6. The largest absolute Gasteiger partial charge is 0.494 e. The highest BCUT2D eigenvalue weighted by Gasteiger charge is 2.64. The number of rotatable bonds is 2. The van der Waals surface area contributed by atoms with E-state index < -0.39 is 43.2 Å². The number of benzene rings is 8. The van der Waals surface area contributed by atoms with Gasteiger partial charge in [-0.25, -0.2) is 0 Å². The maximum Gasteiger partial charge on any atom is 0.494 e. The molecule has 2 aliphatic carbocycles. The Morgan fingerprint density at radius 1 is 0.333 bits per heavy atom. The molecule has 8 aromatic rings. The van der Waals surface area contributed by atoms with Crippen molar-refractivity contribution in [3.05, 3.63) is 231 Å². The van der Waals surface area contributed by atoms with E-state index in [0.717, 1.165) is 89.7 Å². The molecule has 418 valence electrons. The van der Waals surface area contributed by atoms with Crippen LogP contribution in [0.1, 0.15) is 139 Å². The first kappa shape index (κ1) is 55.8. The summed E-state index contributed by atoms with van der Waals surface area (Å²) in [4.78, 5) is 0. The number of hydrogen-bond donors (Lipinski definition) is 0. The summed E-state index contributed by atoms with van der Waals surface area (Å²) in [5, 5.41) is 19.9. The first-order valence-electron chi connectivity index (χ1n) is 28.7. The fourth-order valence-corrected chi connectivity index (χ4v) is 13.2. The lowest BCUT2D eigenvalue weighted by molar-refractivity contribution is 0.00578. The molecule has 5 aliphatic heterocycles. The summed E-state index contributed by atoms with van der Waals surface area (Å²) < 4.78 is 49.3. The van der Waals surface area contributed by atoms with Crippen LogP contribution < -0.4 is 14.9 Å². The summed E-state index contributed by atoms with van der Waals surface area (Å²) in [5.41, 5.74) is 12.2. The highest BCUT2D eigenvalue weighted by Crippen LogP contribution is 2.64. The van der Waals surface area contributed by atoms with Crippen molar-refractivity contribution in [3.8, 4) is 57.4 Å². The van der Waals surface area contributed by atoms with E-state index in [1.807, 2.05) is 140 Å². The van der Waals surface area contributed by atoms with Gasteiger partial charge in [-0.15, -0.1) is 0 Å². The van der Waals surface area contributed by atoms with Gasteiger partial charge in [-0.2, -0.15) is 10.5 Å². The molecule has 0 N–H and O–H groups in total. The van der Waals surface area contributed by atoms with Gasteiger partial charge in [0.25, 0.3) is 0 Å². The van der Waals surface area contributed by atoms with E-state index in [4.69, 9.17) is 49.0 Å². The first-order valence-corrected chi connectivity index (χ1v) is 29.1. The van der Waals surface area contributed by atoms with Crippen LogP contribution in [0.25, 0.3) is 22.3 Å². The summed E-state index contributed by atoms with van der Waals surface area (Å²) in [6, 6.07) is 62.1. The second-order valence-corrected chi connectivity index (χ2v) is 26.2. The summed E-state index contributed by atoms with van der Waals surface area (Å²) in [6.45, 7) is 24.5. The minimum Gasteiger partial charge on any atom is -0.457 e. The molecule has 10 nitrogen and oxygen atoms in total. The molecule has 8 aromatic carbocycles. The van der Waals surface area contributed by atoms with Crippen LogP contribution in [0.3, 0.4) is 0 Å². The Bertz CT molecular complexity index is 3950. The second-order valence-electron chi connectivity index (χ2n) is 25.8. The highest BCUT2D eigenvalue weighted by molar-refractivity contribution is 7.11. The van der Waals surface area contributed by atoms with Crippen molar-refractivity contribution in [2.24, 2.45) is 0 Å². The Hall–Kier alpha value is -7.42. The SMILES string of the molecule is CC1(C)OB(B2OC(C)(C)C(C)(C)O2)OC1(C)C.CC1(C)OB(c2ccc3c(c2)-c2cc(C#N)ccc2C32c3ccccc3Oc3ccccc32)OC1(C)C.N#Cc1ccc2c(c1)-c1cc(Cl)ccc1C21c2ccccc2Oc2ccccc21. The zero-order valence-corrected chi connectivity index (χ0v) is 50.2. The van der Waals surface area contributed by atoms with E-state index >= 15 is 0 Å². The minimum atomic E-state index is -0.557. The van der Waals surface area contributed by atoms with Gasteiger partial charge < -0.3 is 37.4 Å². The number of para-hydroxylation sites is 4. The lowest BCUT2D eigenvalue weighted by Gasteiger charge is -2.39. The summed E-state index contributed by atoms with van der Waals surface area (Å²) >= 11 is 6.40. The van der Waals surface area contributed by atoms with Crippen LogP contribution in [0.15, 0.2) is 170 Å². The van der Waals surface area contributed by atoms with Crippen LogP contribution in [0.4, 0.5) is 0 Å². The third kappa shape index (κ3) is 8.23. The number of halogens is 1. The molecule has 0 bridgehead atoms. The summed E-state index contributed by atoms with van der Waals surface area (Å²) in [7, 11) is -1.42. The van der Waals surface area contributed by atoms with E-state index in [1.165, 1.54) is 5.56 Å². The van der Waals surface area contributed by atoms with E-state index in [2.05, 4.69) is 125 Å². The van der Waals surface area contributed by atoms with Gasteiger partial charge in [-0.3, -0.25) is 0 Å². The average molecular weight is 1130 g/mol. The van der Waals surface area contributed by atoms with Crippen LogP contribution in [-0.2, 0) is 38.8 Å². The van der Waals surface area contributed by atoms with E-state index in [-0.39, 0.29) is 22.4 Å². The summed E-state index contributed by atoms with van der Waals surface area (Å²) in [6.07, 6.45) is 0. The number of nitriles is 2. The second kappa shape index (κ2) is 19.3. The zero-order valence-electron chi connectivity index (χ0n) is 49.4. The molecule has 3 fully saturated rings. The van der Waals surface area contributed by atoms with Gasteiger partial charge in [0.2, 0.25) is 0 Å². The minimum absolute atomic E-state index is 0.360. The van der Waals surface area contributed by atoms with Gasteiger partial charge in [0.15, 0.2) is 0 Å². The lowest BCUT2D eigenvalue weighted by atomic mass is 9.49. The molecule has 0 saturated carbocycles. The number of ether oxygens (including phenoxy) is 2. The normalized spacial score (nSPS) is 20.1. The monoisotopic (exact) mass is 1130 g/mol. The van der Waals surface area contributed by atoms with Gasteiger partial charge in [0, 0.05) is 27.3 Å². The Morgan fingerprint density at radius 3 is 0.988 bits per heavy atom. The Morgan fingerprint density at radius 2 is 0.631 bits per heavy atom. The molecule has 7 aliphatic rings. The fraction of sp³-hybridized carbons (Fsp3) is 0.286.